The van der Waals surface area contributed by atoms with Crippen molar-refractivity contribution in [2.75, 3.05) is 6.54 Å². The Labute approximate surface area is 51.2 Å². The van der Waals surface area contributed by atoms with Crippen molar-refractivity contribution in [3.8, 4) is 0 Å². The van der Waals surface area contributed by atoms with Crippen LogP contribution in [0.5, 0.6) is 0 Å². The summed E-state index contributed by atoms with van der Waals surface area (Å²) in [5.41, 5.74) is 10.9. The van der Waals surface area contributed by atoms with Crippen LogP contribution in [-0.2, 0) is 0 Å². The van der Waals surface area contributed by atoms with E-state index in [9.17, 15) is 0 Å². The lowest BCUT2D eigenvalue weighted by Gasteiger charge is -2.04. The quantitative estimate of drug-likeness (QED) is 0.560. The van der Waals surface area contributed by atoms with E-state index in [4.69, 9.17) is 11.5 Å². The molecular weight excluding hydrogens is 100 g/mol. The molecule has 0 radical (unpaired) electrons. The largest absolute Gasteiger partial charge is 0.330 e. The van der Waals surface area contributed by atoms with E-state index in [1.165, 1.54) is 0 Å². The first-order chi connectivity index (χ1) is 3.81. The van der Waals surface area contributed by atoms with Crippen LogP contribution in [0.25, 0.3) is 0 Å². The van der Waals surface area contributed by atoms with Gasteiger partial charge in [0.2, 0.25) is 0 Å². The van der Waals surface area contributed by atoms with Crippen molar-refractivity contribution in [1.82, 2.24) is 0 Å². The van der Waals surface area contributed by atoms with E-state index < -0.39 is 0 Å². The third-order valence-electron chi connectivity index (χ3n) is 1.30. The van der Waals surface area contributed by atoms with Crippen molar-refractivity contribution in [2.24, 2.45) is 11.5 Å². The molecule has 0 saturated carbocycles. The average Bonchev–Trinajstić information content (AvgIpc) is 1.83. The predicted molar refractivity (Wildman–Crippen MR) is 36.6 cm³/mol. The lowest BCUT2D eigenvalue weighted by atomic mass is 10.1. The Hall–Kier alpha value is -0.0800. The zero-order valence-electron chi connectivity index (χ0n) is 5.56. The Morgan fingerprint density at radius 3 is 2.50 bits per heavy atom. The van der Waals surface area contributed by atoms with E-state index in [1.807, 2.05) is 0 Å². The van der Waals surface area contributed by atoms with Gasteiger partial charge in [0.1, 0.15) is 0 Å². The van der Waals surface area contributed by atoms with Gasteiger partial charge in [-0.25, -0.2) is 0 Å². The molecule has 1 unspecified atom stereocenters. The average molecular weight is 116 g/mol. The molecule has 50 valence electrons. The van der Waals surface area contributed by atoms with Crippen LogP contribution in [0.4, 0.5) is 0 Å². The first kappa shape index (κ1) is 7.92. The molecule has 0 aliphatic heterocycles. The second-order valence-electron chi connectivity index (χ2n) is 2.10. The molecule has 0 aliphatic carbocycles. The van der Waals surface area contributed by atoms with Crippen LogP contribution in [0.2, 0.25) is 0 Å². The van der Waals surface area contributed by atoms with Gasteiger partial charge in [0.05, 0.1) is 0 Å². The summed E-state index contributed by atoms with van der Waals surface area (Å²) in [6, 6.07) is 0.374. The minimum atomic E-state index is 0.374. The molecule has 0 heterocycles. The van der Waals surface area contributed by atoms with Crippen molar-refractivity contribution in [3.63, 3.8) is 0 Å². The minimum Gasteiger partial charge on any atom is -0.330 e. The van der Waals surface area contributed by atoms with Crippen LogP contribution in [-0.4, -0.2) is 12.6 Å². The van der Waals surface area contributed by atoms with Gasteiger partial charge in [-0.15, -0.1) is 0 Å². The molecule has 2 heteroatoms. The fraction of sp³-hybridized carbons (Fsp3) is 1.00. The summed E-state index contributed by atoms with van der Waals surface area (Å²) >= 11 is 0. The highest BCUT2D eigenvalue weighted by Gasteiger charge is 1.94. The molecule has 0 bridgehead atoms. The van der Waals surface area contributed by atoms with Crippen LogP contribution in [0, 0.1) is 0 Å². The molecule has 4 N–H and O–H groups in total. The van der Waals surface area contributed by atoms with Gasteiger partial charge in [-0.3, -0.25) is 0 Å². The van der Waals surface area contributed by atoms with E-state index in [0.717, 1.165) is 25.8 Å². The minimum absolute atomic E-state index is 0.374. The zero-order chi connectivity index (χ0) is 6.41. The summed E-state index contributed by atoms with van der Waals surface area (Å²) in [4.78, 5) is 0. The van der Waals surface area contributed by atoms with Gasteiger partial charge in [-0.1, -0.05) is 6.92 Å². The summed E-state index contributed by atoms with van der Waals surface area (Å²) in [6.07, 6.45) is 3.21. The van der Waals surface area contributed by atoms with Crippen molar-refractivity contribution < 1.29 is 0 Å². The lowest BCUT2D eigenvalue weighted by molar-refractivity contribution is 0.573. The van der Waals surface area contributed by atoms with Gasteiger partial charge in [-0.05, 0) is 25.8 Å². The summed E-state index contributed by atoms with van der Waals surface area (Å²) in [6.45, 7) is 2.87. The Morgan fingerprint density at radius 1 is 1.50 bits per heavy atom. The Bertz CT molecular complexity index is 45.8. The monoisotopic (exact) mass is 116 g/mol. The summed E-state index contributed by atoms with van der Waals surface area (Å²) < 4.78 is 0. The molecule has 0 aromatic carbocycles. The van der Waals surface area contributed by atoms with E-state index >= 15 is 0 Å². The highest BCUT2D eigenvalue weighted by molar-refractivity contribution is 4.57. The Kier molecular flexibility index (Phi) is 5.01. The molecule has 8 heavy (non-hydrogen) atoms. The van der Waals surface area contributed by atoms with Crippen molar-refractivity contribution in [3.05, 3.63) is 0 Å². The third kappa shape index (κ3) is 4.09. The summed E-state index contributed by atoms with van der Waals surface area (Å²) in [7, 11) is 0. The van der Waals surface area contributed by atoms with Crippen LogP contribution >= 0.6 is 0 Å². The lowest BCUT2D eigenvalue weighted by Crippen LogP contribution is -2.19. The van der Waals surface area contributed by atoms with E-state index in [1.54, 1.807) is 0 Å². The highest BCUT2D eigenvalue weighted by atomic mass is 14.6. The fourth-order valence-corrected chi connectivity index (χ4v) is 0.584. The molecule has 0 spiro atoms. The molecule has 1 atom stereocenters. The maximum Gasteiger partial charge on any atom is 0.00366 e. The number of nitrogens with two attached hydrogens (primary N) is 2. The van der Waals surface area contributed by atoms with Crippen LogP contribution in [0.3, 0.4) is 0 Å². The van der Waals surface area contributed by atoms with E-state index in [0.29, 0.717) is 6.04 Å². The predicted octanol–water partition coefficient (Wildman–Crippen LogP) is 0.463. The van der Waals surface area contributed by atoms with Crippen molar-refractivity contribution in [2.45, 2.75) is 32.2 Å². The Morgan fingerprint density at radius 2 is 2.12 bits per heavy atom. The van der Waals surface area contributed by atoms with Gasteiger partial charge in [0.25, 0.3) is 0 Å². The van der Waals surface area contributed by atoms with Gasteiger partial charge in [0, 0.05) is 6.04 Å². The molecule has 0 aromatic rings. The summed E-state index contributed by atoms with van der Waals surface area (Å²) in [5.74, 6) is 0. The maximum absolute atomic E-state index is 5.60. The van der Waals surface area contributed by atoms with E-state index in [2.05, 4.69) is 6.92 Å². The van der Waals surface area contributed by atoms with Crippen molar-refractivity contribution in [1.29, 1.82) is 0 Å². The smallest absolute Gasteiger partial charge is 0.00366 e. The Balaban J connectivity index is 2.86. The second kappa shape index (κ2) is 5.06. The molecule has 0 aliphatic rings. The van der Waals surface area contributed by atoms with Crippen LogP contribution in [0.1, 0.15) is 26.2 Å². The number of hydrogen-bond donors (Lipinski definition) is 2. The van der Waals surface area contributed by atoms with Crippen LogP contribution in [0.15, 0.2) is 0 Å². The first-order valence-corrected chi connectivity index (χ1v) is 3.27. The molecule has 0 saturated heterocycles. The van der Waals surface area contributed by atoms with Crippen LogP contribution < -0.4 is 11.5 Å². The normalized spacial score (nSPS) is 13.9. The molecule has 0 fully saturated rings. The highest BCUT2D eigenvalue weighted by Crippen LogP contribution is 1.95. The number of hydrogen-bond acceptors (Lipinski definition) is 2. The van der Waals surface area contributed by atoms with Gasteiger partial charge in [0.15, 0.2) is 0 Å². The molecule has 2 nitrogen and oxygen atoms in total. The summed E-state index contributed by atoms with van der Waals surface area (Å²) in [5, 5.41) is 0. The fourth-order valence-electron chi connectivity index (χ4n) is 0.584. The van der Waals surface area contributed by atoms with Gasteiger partial charge in [-0.2, -0.15) is 0 Å². The molecule has 0 aromatic heterocycles. The molecule has 0 amide bonds. The SMILES string of the molecule is CCC(N)CCCN. The van der Waals surface area contributed by atoms with E-state index in [-0.39, 0.29) is 0 Å². The number of rotatable bonds is 4. The maximum atomic E-state index is 5.60. The standard InChI is InChI=1S/C6H16N2/c1-2-6(8)4-3-5-7/h6H,2-5,7-8H2,1H3. The zero-order valence-corrected chi connectivity index (χ0v) is 5.56. The third-order valence-corrected chi connectivity index (χ3v) is 1.30. The topological polar surface area (TPSA) is 52.0 Å². The molecule has 0 rings (SSSR count). The first-order valence-electron chi connectivity index (χ1n) is 3.27. The van der Waals surface area contributed by atoms with Crippen molar-refractivity contribution >= 4 is 0 Å². The van der Waals surface area contributed by atoms with Gasteiger partial charge >= 0.3 is 0 Å². The van der Waals surface area contributed by atoms with Gasteiger partial charge < -0.3 is 11.5 Å². The molecular formula is C6H16N2. The second-order valence-corrected chi connectivity index (χ2v) is 2.10.